The number of imidazole rings is 1. The van der Waals surface area contributed by atoms with E-state index in [1.54, 1.807) is 24.3 Å². The minimum Gasteiger partial charge on any atom is -0.291 e. The molecule has 0 saturated heterocycles. The summed E-state index contributed by atoms with van der Waals surface area (Å²) in [5, 5.41) is 4.02. The number of fused-ring (bicyclic) bond motifs is 3. The summed E-state index contributed by atoms with van der Waals surface area (Å²) in [7, 11) is 0. The molecule has 1 aliphatic rings. The molecule has 0 fully saturated rings. The summed E-state index contributed by atoms with van der Waals surface area (Å²) < 4.78 is 4.28. The summed E-state index contributed by atoms with van der Waals surface area (Å²) in [6.07, 6.45) is 0. The van der Waals surface area contributed by atoms with Crippen LogP contribution in [0.2, 0.25) is 5.02 Å². The quantitative estimate of drug-likeness (QED) is 0.596. The third-order valence-electron chi connectivity index (χ3n) is 4.06. The minimum atomic E-state index is 0.0783. The van der Waals surface area contributed by atoms with Gasteiger partial charge in [-0.25, -0.2) is 9.13 Å². The molecule has 0 atom stereocenters. The van der Waals surface area contributed by atoms with E-state index in [2.05, 4.69) is 26.6 Å². The van der Waals surface area contributed by atoms with Crippen molar-refractivity contribution in [2.75, 3.05) is 11.9 Å². The number of para-hydroxylation sites is 2. The van der Waals surface area contributed by atoms with E-state index < -0.39 is 0 Å². The van der Waals surface area contributed by atoms with Crippen molar-refractivity contribution in [2.24, 2.45) is 0 Å². The highest BCUT2D eigenvalue weighted by atomic mass is 35.5. The van der Waals surface area contributed by atoms with Gasteiger partial charge in [0, 0.05) is 10.6 Å². The van der Waals surface area contributed by atoms with Crippen LogP contribution in [-0.4, -0.2) is 16.9 Å². The predicted octanol–water partition coefficient (Wildman–Crippen LogP) is 2.89. The van der Waals surface area contributed by atoms with E-state index in [9.17, 15) is 4.79 Å². The Hall–Kier alpha value is -2.33. The third kappa shape index (κ3) is 2.07. The van der Waals surface area contributed by atoms with E-state index >= 15 is 0 Å². The highest BCUT2D eigenvalue weighted by molar-refractivity contribution is 6.30. The number of rotatable bonds is 3. The maximum absolute atomic E-state index is 12.6. The number of anilines is 1. The zero-order valence-corrected chi connectivity index (χ0v) is 12.7. The molecule has 0 unspecified atom stereocenters. The second kappa shape index (κ2) is 5.14. The maximum Gasteiger partial charge on any atom is 0.359 e. The van der Waals surface area contributed by atoms with Crippen molar-refractivity contribution in [3.05, 3.63) is 59.1 Å². The number of hydrogen-bond acceptors (Lipinski definition) is 2. The van der Waals surface area contributed by atoms with E-state index in [4.69, 9.17) is 11.6 Å². The number of carbonyl (C=O) groups is 1. The largest absolute Gasteiger partial charge is 0.359 e. The van der Waals surface area contributed by atoms with Gasteiger partial charge in [-0.3, -0.25) is 10.1 Å². The van der Waals surface area contributed by atoms with Crippen molar-refractivity contribution in [3.63, 3.8) is 0 Å². The summed E-state index contributed by atoms with van der Waals surface area (Å²) in [6.45, 7) is 2.14. The van der Waals surface area contributed by atoms with Crippen molar-refractivity contribution < 1.29 is 9.36 Å². The zero-order chi connectivity index (χ0) is 15.1. The average molecular weight is 313 g/mol. The Morgan fingerprint density at radius 1 is 1.18 bits per heavy atom. The van der Waals surface area contributed by atoms with Gasteiger partial charge >= 0.3 is 5.95 Å². The van der Waals surface area contributed by atoms with Gasteiger partial charge in [0.25, 0.3) is 0 Å². The molecule has 5 heteroatoms. The van der Waals surface area contributed by atoms with Crippen molar-refractivity contribution in [2.45, 2.75) is 13.1 Å². The van der Waals surface area contributed by atoms with Crippen LogP contribution < -0.4 is 9.88 Å². The minimum absolute atomic E-state index is 0.0783. The van der Waals surface area contributed by atoms with Crippen LogP contribution in [0.4, 0.5) is 5.95 Å². The summed E-state index contributed by atoms with van der Waals surface area (Å²) in [4.78, 5) is 12.6. The van der Waals surface area contributed by atoms with Gasteiger partial charge in [-0.05, 0) is 36.4 Å². The Bertz CT molecular complexity index is 867. The van der Waals surface area contributed by atoms with E-state index in [1.807, 2.05) is 12.1 Å². The molecule has 1 N–H and O–H groups in total. The fourth-order valence-electron chi connectivity index (χ4n) is 3.02. The molecule has 0 radical (unpaired) electrons. The predicted molar refractivity (Wildman–Crippen MR) is 86.4 cm³/mol. The third-order valence-corrected chi connectivity index (χ3v) is 4.31. The number of benzene rings is 2. The van der Waals surface area contributed by atoms with Gasteiger partial charge in [0.1, 0.15) is 24.1 Å². The maximum atomic E-state index is 12.6. The first-order valence-corrected chi connectivity index (χ1v) is 7.65. The molecular formula is C17H15ClN3O+. The molecule has 0 saturated carbocycles. The first kappa shape index (κ1) is 13.3. The van der Waals surface area contributed by atoms with Gasteiger partial charge in [-0.1, -0.05) is 23.7 Å². The van der Waals surface area contributed by atoms with Crippen LogP contribution in [0.25, 0.3) is 11.0 Å². The number of nitrogens with one attached hydrogen (secondary N) is 1. The lowest BCUT2D eigenvalue weighted by molar-refractivity contribution is -0.644. The molecular weight excluding hydrogens is 298 g/mol. The second-order valence-corrected chi connectivity index (χ2v) is 5.84. The van der Waals surface area contributed by atoms with Gasteiger partial charge in [-0.2, -0.15) is 0 Å². The number of ketones is 1. The summed E-state index contributed by atoms with van der Waals surface area (Å²) >= 11 is 5.88. The van der Waals surface area contributed by atoms with Crippen LogP contribution in [0.15, 0.2) is 48.5 Å². The first-order valence-electron chi connectivity index (χ1n) is 7.28. The highest BCUT2D eigenvalue weighted by Gasteiger charge is 2.28. The van der Waals surface area contributed by atoms with Crippen LogP contribution in [0.5, 0.6) is 0 Å². The fourth-order valence-corrected chi connectivity index (χ4v) is 3.15. The SMILES string of the molecule is O=C(Cn1c2[n+](c3ccccc31)CCN2)c1ccc(Cl)cc1. The molecule has 110 valence electrons. The van der Waals surface area contributed by atoms with Crippen molar-refractivity contribution >= 4 is 34.4 Å². The molecule has 2 heterocycles. The number of carbonyl (C=O) groups excluding carboxylic acids is 1. The molecule has 1 aromatic heterocycles. The summed E-state index contributed by atoms with van der Waals surface area (Å²) in [5.41, 5.74) is 2.91. The molecule has 4 nitrogen and oxygen atoms in total. The zero-order valence-electron chi connectivity index (χ0n) is 11.9. The topological polar surface area (TPSA) is 37.9 Å². The number of halogens is 1. The number of aromatic nitrogens is 2. The lowest BCUT2D eigenvalue weighted by Gasteiger charge is -2.03. The van der Waals surface area contributed by atoms with Gasteiger partial charge in [0.15, 0.2) is 5.78 Å². The Kier molecular flexibility index (Phi) is 3.12. The highest BCUT2D eigenvalue weighted by Crippen LogP contribution is 2.21. The van der Waals surface area contributed by atoms with Crippen LogP contribution >= 0.6 is 11.6 Å². The number of hydrogen-bond donors (Lipinski definition) is 1. The smallest absolute Gasteiger partial charge is 0.291 e. The standard InChI is InChI=1S/C17H14ClN3O/c18-13-7-5-12(6-8-13)16(22)11-21-15-4-2-1-3-14(15)20-10-9-19-17(20)21/h1-8H,9-11H2/p+1. The lowest BCUT2D eigenvalue weighted by Crippen LogP contribution is -2.29. The van der Waals surface area contributed by atoms with Crippen molar-refractivity contribution in [1.82, 2.24) is 4.57 Å². The van der Waals surface area contributed by atoms with Gasteiger partial charge in [0.05, 0.1) is 6.54 Å². The van der Waals surface area contributed by atoms with E-state index in [-0.39, 0.29) is 5.78 Å². The molecule has 0 spiro atoms. The first-order chi connectivity index (χ1) is 10.7. The molecule has 22 heavy (non-hydrogen) atoms. The van der Waals surface area contributed by atoms with E-state index in [0.717, 1.165) is 30.1 Å². The van der Waals surface area contributed by atoms with Crippen LogP contribution in [0.3, 0.4) is 0 Å². The molecule has 0 bridgehead atoms. The van der Waals surface area contributed by atoms with Gasteiger partial charge < -0.3 is 0 Å². The Balaban J connectivity index is 1.75. The van der Waals surface area contributed by atoms with Crippen LogP contribution in [0.1, 0.15) is 10.4 Å². The average Bonchev–Trinajstić information content (AvgIpc) is 3.11. The molecule has 0 amide bonds. The Labute approximate surface area is 132 Å². The van der Waals surface area contributed by atoms with Crippen molar-refractivity contribution in [3.8, 4) is 0 Å². The second-order valence-electron chi connectivity index (χ2n) is 5.41. The molecule has 1 aliphatic heterocycles. The summed E-state index contributed by atoms with van der Waals surface area (Å²) in [5.74, 6) is 1.08. The van der Waals surface area contributed by atoms with Crippen LogP contribution in [-0.2, 0) is 13.1 Å². The van der Waals surface area contributed by atoms with Crippen LogP contribution in [0, 0.1) is 0 Å². The summed E-state index contributed by atoms with van der Waals surface area (Å²) in [6, 6.07) is 15.2. The lowest BCUT2D eigenvalue weighted by atomic mass is 10.1. The number of nitrogens with zero attached hydrogens (tertiary/aromatic N) is 2. The van der Waals surface area contributed by atoms with Crippen molar-refractivity contribution in [1.29, 1.82) is 0 Å². The number of Topliss-reactive ketones (excluding diaryl/α,β-unsaturated/α-hetero) is 1. The van der Waals surface area contributed by atoms with Gasteiger partial charge in [0.2, 0.25) is 0 Å². The molecule has 4 rings (SSSR count). The fraction of sp³-hybridized carbons (Fsp3) is 0.176. The van der Waals surface area contributed by atoms with E-state index in [0.29, 0.717) is 17.1 Å². The normalized spacial score (nSPS) is 13.1. The Morgan fingerprint density at radius 3 is 2.77 bits per heavy atom. The van der Waals surface area contributed by atoms with E-state index in [1.165, 1.54) is 0 Å². The monoisotopic (exact) mass is 312 g/mol. The molecule has 2 aromatic carbocycles. The Morgan fingerprint density at radius 2 is 1.95 bits per heavy atom. The molecule has 3 aromatic rings. The molecule has 0 aliphatic carbocycles. The van der Waals surface area contributed by atoms with Gasteiger partial charge in [-0.15, -0.1) is 0 Å².